The molecule has 4 rings (SSSR count). The average Bonchev–Trinajstić information content (AvgIpc) is 3.01. The first-order chi connectivity index (χ1) is 20.7. The number of hydrogen-bond donors (Lipinski definition) is 1. The summed E-state index contributed by atoms with van der Waals surface area (Å²) in [5.41, 5.74) is 4.54. The van der Waals surface area contributed by atoms with E-state index in [4.69, 9.17) is 0 Å². The van der Waals surface area contributed by atoms with Gasteiger partial charge in [0.1, 0.15) is 5.82 Å². The number of amides is 2. The molecule has 1 N–H and O–H groups in total. The lowest BCUT2D eigenvalue weighted by Gasteiger charge is -2.39. The van der Waals surface area contributed by atoms with Gasteiger partial charge in [-0.3, -0.25) is 9.59 Å². The molecule has 230 valence electrons. The van der Waals surface area contributed by atoms with Gasteiger partial charge in [-0.2, -0.15) is 0 Å². The Morgan fingerprint density at radius 3 is 2.21 bits per heavy atom. The number of nitrogens with one attached hydrogen (secondary N) is 1. The summed E-state index contributed by atoms with van der Waals surface area (Å²) in [4.78, 5) is 31.3. The summed E-state index contributed by atoms with van der Waals surface area (Å²) in [6, 6.07) is 20.4. The van der Waals surface area contributed by atoms with Crippen LogP contribution in [0.5, 0.6) is 0 Å². The molecule has 2 amide bonds. The largest absolute Gasteiger partial charge is 0.331 e. The molecular formula is C37H48FN3O2. The van der Waals surface area contributed by atoms with E-state index in [9.17, 15) is 14.0 Å². The van der Waals surface area contributed by atoms with Crippen molar-refractivity contribution < 1.29 is 14.0 Å². The Morgan fingerprint density at radius 1 is 0.930 bits per heavy atom. The van der Waals surface area contributed by atoms with Crippen molar-refractivity contribution in [3.63, 3.8) is 0 Å². The number of carbonyl (C=O) groups is 2. The van der Waals surface area contributed by atoms with E-state index in [0.29, 0.717) is 29.3 Å². The Labute approximate surface area is 257 Å². The van der Waals surface area contributed by atoms with Crippen molar-refractivity contribution in [2.75, 3.05) is 25.0 Å². The zero-order valence-corrected chi connectivity index (χ0v) is 26.4. The number of hydrogen-bond acceptors (Lipinski definition) is 3. The Morgan fingerprint density at radius 2 is 1.58 bits per heavy atom. The predicted octanol–water partition coefficient (Wildman–Crippen LogP) is 8.27. The van der Waals surface area contributed by atoms with Gasteiger partial charge in [-0.05, 0) is 111 Å². The molecule has 0 atom stereocenters. The van der Waals surface area contributed by atoms with Crippen molar-refractivity contribution in [1.82, 2.24) is 9.80 Å². The van der Waals surface area contributed by atoms with Crippen molar-refractivity contribution in [2.24, 2.45) is 5.92 Å². The maximum absolute atomic E-state index is 14.0. The second kappa shape index (κ2) is 15.8. The van der Waals surface area contributed by atoms with Gasteiger partial charge in [-0.15, -0.1) is 0 Å². The summed E-state index contributed by atoms with van der Waals surface area (Å²) >= 11 is 0. The van der Waals surface area contributed by atoms with E-state index in [-0.39, 0.29) is 23.7 Å². The van der Waals surface area contributed by atoms with Crippen LogP contribution in [0.4, 0.5) is 10.1 Å². The standard InChI is InChI=1S/C37H48FN3O2/c1-5-6-7-8-29-9-13-31(14-10-29)37(43)41(34-20-23-40(24-21-34)22-19-27(2)3)26-30-11-16-33(17-12-30)39-36(42)32-15-18-35(38)28(4)25-32/h9-18,25,27,34H,5-8,19-24,26H2,1-4H3,(H,39,42). The highest BCUT2D eigenvalue weighted by molar-refractivity contribution is 6.04. The molecule has 6 heteroatoms. The summed E-state index contributed by atoms with van der Waals surface area (Å²) in [6.45, 7) is 12.0. The number of piperidine rings is 1. The lowest BCUT2D eigenvalue weighted by atomic mass is 9.99. The molecule has 1 aliphatic heterocycles. The van der Waals surface area contributed by atoms with Crippen LogP contribution in [-0.2, 0) is 13.0 Å². The SMILES string of the molecule is CCCCCc1ccc(C(=O)N(Cc2ccc(NC(=O)c3ccc(F)c(C)c3)cc2)C2CCN(CCC(C)C)CC2)cc1. The highest BCUT2D eigenvalue weighted by Crippen LogP contribution is 2.24. The molecule has 1 saturated heterocycles. The van der Waals surface area contributed by atoms with Gasteiger partial charge < -0.3 is 15.1 Å². The molecule has 5 nitrogen and oxygen atoms in total. The van der Waals surface area contributed by atoms with Crippen LogP contribution in [-0.4, -0.2) is 47.3 Å². The van der Waals surface area contributed by atoms with Crippen LogP contribution in [0, 0.1) is 18.7 Å². The van der Waals surface area contributed by atoms with Crippen molar-refractivity contribution in [2.45, 2.75) is 85.2 Å². The van der Waals surface area contributed by atoms with E-state index in [0.717, 1.165) is 50.0 Å². The molecule has 3 aromatic rings. The number of anilines is 1. The van der Waals surface area contributed by atoms with Gasteiger partial charge in [0.15, 0.2) is 0 Å². The maximum atomic E-state index is 14.0. The summed E-state index contributed by atoms with van der Waals surface area (Å²) in [6.07, 6.45) is 7.76. The first kappa shape index (κ1) is 32.4. The first-order valence-electron chi connectivity index (χ1n) is 16.0. The van der Waals surface area contributed by atoms with Gasteiger partial charge in [0.2, 0.25) is 0 Å². The second-order valence-corrected chi connectivity index (χ2v) is 12.5. The van der Waals surface area contributed by atoms with Crippen molar-refractivity contribution in [3.05, 3.63) is 100 Å². The van der Waals surface area contributed by atoms with Crippen LogP contribution >= 0.6 is 0 Å². The number of aryl methyl sites for hydroxylation is 2. The van der Waals surface area contributed by atoms with Crippen molar-refractivity contribution in [1.29, 1.82) is 0 Å². The number of carbonyl (C=O) groups excluding carboxylic acids is 2. The topological polar surface area (TPSA) is 52.7 Å². The predicted molar refractivity (Wildman–Crippen MR) is 174 cm³/mol. The molecule has 0 aliphatic carbocycles. The molecule has 43 heavy (non-hydrogen) atoms. The quantitative estimate of drug-likeness (QED) is 0.205. The lowest BCUT2D eigenvalue weighted by Crippen LogP contribution is -2.47. The fourth-order valence-corrected chi connectivity index (χ4v) is 5.70. The lowest BCUT2D eigenvalue weighted by molar-refractivity contribution is 0.0546. The highest BCUT2D eigenvalue weighted by Gasteiger charge is 2.29. The molecule has 1 fully saturated rings. The van der Waals surface area contributed by atoms with E-state index in [1.54, 1.807) is 13.0 Å². The van der Waals surface area contributed by atoms with Crippen LogP contribution < -0.4 is 5.32 Å². The Balaban J connectivity index is 1.45. The Kier molecular flexibility index (Phi) is 11.9. The fourth-order valence-electron chi connectivity index (χ4n) is 5.70. The molecule has 0 aromatic heterocycles. The van der Waals surface area contributed by atoms with Crippen LogP contribution in [0.1, 0.15) is 96.7 Å². The minimum atomic E-state index is -0.329. The third-order valence-corrected chi connectivity index (χ3v) is 8.54. The molecule has 0 saturated carbocycles. The summed E-state index contributed by atoms with van der Waals surface area (Å²) in [5.74, 6) is 0.150. The van der Waals surface area contributed by atoms with Crippen LogP contribution in [0.2, 0.25) is 0 Å². The molecule has 1 aliphatic rings. The monoisotopic (exact) mass is 585 g/mol. The number of benzene rings is 3. The molecule has 0 spiro atoms. The third kappa shape index (κ3) is 9.49. The van der Waals surface area contributed by atoms with E-state index < -0.39 is 0 Å². The number of unbranched alkanes of at least 4 members (excludes halogenated alkanes) is 2. The van der Waals surface area contributed by atoms with E-state index in [1.807, 2.05) is 36.4 Å². The number of nitrogens with zero attached hydrogens (tertiary/aromatic N) is 2. The zero-order valence-electron chi connectivity index (χ0n) is 26.4. The molecule has 0 bridgehead atoms. The van der Waals surface area contributed by atoms with Gasteiger partial charge in [0, 0.05) is 42.5 Å². The average molecular weight is 586 g/mol. The van der Waals surface area contributed by atoms with Crippen LogP contribution in [0.3, 0.4) is 0 Å². The molecule has 3 aromatic carbocycles. The number of rotatable bonds is 13. The Hall–Kier alpha value is -3.51. The molecule has 1 heterocycles. The smallest absolute Gasteiger partial charge is 0.255 e. The van der Waals surface area contributed by atoms with Crippen molar-refractivity contribution in [3.8, 4) is 0 Å². The molecule has 0 unspecified atom stereocenters. The van der Waals surface area contributed by atoms with E-state index in [2.05, 4.69) is 48.0 Å². The Bertz CT molecular complexity index is 1330. The highest BCUT2D eigenvalue weighted by atomic mass is 19.1. The summed E-state index contributed by atoms with van der Waals surface area (Å²) < 4.78 is 13.6. The normalized spacial score (nSPS) is 14.2. The molecular weight excluding hydrogens is 537 g/mol. The number of likely N-dealkylation sites (tertiary alicyclic amines) is 1. The van der Waals surface area contributed by atoms with E-state index >= 15 is 0 Å². The maximum Gasteiger partial charge on any atom is 0.255 e. The first-order valence-corrected chi connectivity index (χ1v) is 16.0. The van der Waals surface area contributed by atoms with Gasteiger partial charge >= 0.3 is 0 Å². The fraction of sp³-hybridized carbons (Fsp3) is 0.459. The van der Waals surface area contributed by atoms with E-state index in [1.165, 1.54) is 43.4 Å². The zero-order chi connectivity index (χ0) is 30.8. The minimum absolute atomic E-state index is 0.0739. The van der Waals surface area contributed by atoms with Gasteiger partial charge in [0.05, 0.1) is 0 Å². The van der Waals surface area contributed by atoms with Crippen molar-refractivity contribution >= 4 is 17.5 Å². The van der Waals surface area contributed by atoms with Gasteiger partial charge in [-0.1, -0.05) is 57.9 Å². The number of halogens is 1. The van der Waals surface area contributed by atoms with Gasteiger partial charge in [0.25, 0.3) is 11.8 Å². The third-order valence-electron chi connectivity index (χ3n) is 8.54. The summed E-state index contributed by atoms with van der Waals surface area (Å²) in [7, 11) is 0. The molecule has 0 radical (unpaired) electrons. The van der Waals surface area contributed by atoms with Gasteiger partial charge in [-0.25, -0.2) is 4.39 Å². The summed E-state index contributed by atoms with van der Waals surface area (Å²) in [5, 5.41) is 2.90. The minimum Gasteiger partial charge on any atom is -0.331 e. The van der Waals surface area contributed by atoms with Crippen LogP contribution in [0.25, 0.3) is 0 Å². The van der Waals surface area contributed by atoms with Crippen LogP contribution in [0.15, 0.2) is 66.7 Å². The second-order valence-electron chi connectivity index (χ2n) is 12.5.